The van der Waals surface area contributed by atoms with Gasteiger partial charge in [-0.2, -0.15) is 0 Å². The van der Waals surface area contributed by atoms with Crippen LogP contribution in [0.3, 0.4) is 0 Å². The first-order valence-corrected chi connectivity index (χ1v) is 8.62. The van der Waals surface area contributed by atoms with E-state index in [9.17, 15) is 0 Å². The fraction of sp³-hybridized carbons (Fsp3) is 0.0625. The SMILES string of the molecule is Clc1ccc(Oc2ccc(NCc3cnc(Cl)s3)cc2)c(Cl)c1. The molecule has 0 fully saturated rings. The summed E-state index contributed by atoms with van der Waals surface area (Å²) in [6.07, 6.45) is 1.76. The molecule has 7 heteroatoms. The highest BCUT2D eigenvalue weighted by atomic mass is 35.5. The third-order valence-electron chi connectivity index (χ3n) is 2.97. The highest BCUT2D eigenvalue weighted by molar-refractivity contribution is 7.15. The van der Waals surface area contributed by atoms with Crippen LogP contribution in [0.2, 0.25) is 14.5 Å². The van der Waals surface area contributed by atoms with E-state index in [1.165, 1.54) is 11.3 Å². The molecule has 0 bridgehead atoms. The second-order valence-electron chi connectivity index (χ2n) is 4.63. The van der Waals surface area contributed by atoms with E-state index in [1.54, 1.807) is 24.4 Å². The number of anilines is 1. The number of ether oxygens (including phenoxy) is 1. The van der Waals surface area contributed by atoms with Crippen molar-refractivity contribution in [2.24, 2.45) is 0 Å². The molecule has 3 aromatic rings. The maximum Gasteiger partial charge on any atom is 0.183 e. The van der Waals surface area contributed by atoms with Gasteiger partial charge in [-0.1, -0.05) is 34.8 Å². The molecule has 1 N–H and O–H groups in total. The van der Waals surface area contributed by atoms with Gasteiger partial charge in [-0.05, 0) is 42.5 Å². The molecule has 3 rings (SSSR count). The van der Waals surface area contributed by atoms with Gasteiger partial charge in [0, 0.05) is 21.8 Å². The molecule has 1 heterocycles. The molecular formula is C16H11Cl3N2OS. The van der Waals surface area contributed by atoms with Crippen LogP contribution < -0.4 is 10.1 Å². The second-order valence-corrected chi connectivity index (χ2v) is 7.18. The summed E-state index contributed by atoms with van der Waals surface area (Å²) >= 11 is 19.2. The summed E-state index contributed by atoms with van der Waals surface area (Å²) in [5, 5.41) is 4.34. The predicted octanol–water partition coefficient (Wildman–Crippen LogP) is 6.51. The summed E-state index contributed by atoms with van der Waals surface area (Å²) in [5.74, 6) is 1.26. The Hall–Kier alpha value is -1.46. The van der Waals surface area contributed by atoms with Gasteiger partial charge in [0.25, 0.3) is 0 Å². The molecule has 0 aliphatic heterocycles. The normalized spacial score (nSPS) is 10.6. The molecule has 118 valence electrons. The first-order chi connectivity index (χ1) is 11.1. The van der Waals surface area contributed by atoms with Crippen LogP contribution in [-0.2, 0) is 6.54 Å². The lowest BCUT2D eigenvalue weighted by Crippen LogP contribution is -1.97. The average molecular weight is 386 g/mol. The van der Waals surface area contributed by atoms with Gasteiger partial charge in [-0.3, -0.25) is 0 Å². The highest BCUT2D eigenvalue weighted by Crippen LogP contribution is 2.32. The molecular weight excluding hydrogens is 375 g/mol. The summed E-state index contributed by atoms with van der Waals surface area (Å²) in [6.45, 7) is 0.674. The van der Waals surface area contributed by atoms with Gasteiger partial charge in [0.15, 0.2) is 4.47 Å². The summed E-state index contributed by atoms with van der Waals surface area (Å²) in [5.41, 5.74) is 0.976. The Balaban J connectivity index is 1.62. The van der Waals surface area contributed by atoms with Crippen LogP contribution in [0.1, 0.15) is 4.88 Å². The van der Waals surface area contributed by atoms with E-state index < -0.39 is 0 Å². The third kappa shape index (κ3) is 4.52. The average Bonchev–Trinajstić information content (AvgIpc) is 2.95. The van der Waals surface area contributed by atoms with Crippen molar-refractivity contribution in [1.82, 2.24) is 4.98 Å². The molecule has 0 saturated carbocycles. The molecule has 0 aliphatic carbocycles. The Morgan fingerprint density at radius 2 is 1.83 bits per heavy atom. The van der Waals surface area contributed by atoms with E-state index in [-0.39, 0.29) is 0 Å². The minimum atomic E-state index is 0.474. The molecule has 1 aromatic heterocycles. The standard InChI is InChI=1S/C16H11Cl3N2OS/c17-10-1-6-15(14(18)7-10)22-12-4-2-11(3-5-12)20-8-13-9-21-16(19)23-13/h1-7,9,20H,8H2. The number of nitrogens with zero attached hydrogens (tertiary/aromatic N) is 1. The number of hydrogen-bond donors (Lipinski definition) is 1. The van der Waals surface area contributed by atoms with E-state index in [4.69, 9.17) is 39.5 Å². The summed E-state index contributed by atoms with van der Waals surface area (Å²) in [7, 11) is 0. The molecule has 0 amide bonds. The van der Waals surface area contributed by atoms with Crippen molar-refractivity contribution >= 4 is 51.8 Å². The van der Waals surface area contributed by atoms with E-state index in [1.807, 2.05) is 24.3 Å². The van der Waals surface area contributed by atoms with Crippen molar-refractivity contribution in [3.05, 3.63) is 68.1 Å². The minimum Gasteiger partial charge on any atom is -0.456 e. The number of aromatic nitrogens is 1. The lowest BCUT2D eigenvalue weighted by Gasteiger charge is -2.09. The summed E-state index contributed by atoms with van der Waals surface area (Å²) in [6, 6.07) is 12.7. The Labute approximate surface area is 152 Å². The van der Waals surface area contributed by atoms with Crippen LogP contribution in [0.5, 0.6) is 11.5 Å². The van der Waals surface area contributed by atoms with Gasteiger partial charge in [-0.25, -0.2) is 4.98 Å². The summed E-state index contributed by atoms with van der Waals surface area (Å²) in [4.78, 5) is 5.08. The fourth-order valence-corrected chi connectivity index (χ4v) is 3.24. The lowest BCUT2D eigenvalue weighted by atomic mass is 10.3. The van der Waals surface area contributed by atoms with Gasteiger partial charge in [0.05, 0.1) is 11.6 Å². The van der Waals surface area contributed by atoms with Crippen LogP contribution in [0, 0.1) is 0 Å². The molecule has 2 aromatic carbocycles. The van der Waals surface area contributed by atoms with E-state index in [0.29, 0.717) is 32.6 Å². The maximum atomic E-state index is 6.09. The predicted molar refractivity (Wildman–Crippen MR) is 97.4 cm³/mol. The highest BCUT2D eigenvalue weighted by Gasteiger charge is 2.04. The first kappa shape index (κ1) is 16.4. The Bertz CT molecular complexity index is 805. The Morgan fingerprint density at radius 1 is 1.04 bits per heavy atom. The second kappa shape index (κ2) is 7.41. The van der Waals surface area contributed by atoms with E-state index in [2.05, 4.69) is 10.3 Å². The largest absolute Gasteiger partial charge is 0.456 e. The molecule has 0 saturated heterocycles. The minimum absolute atomic E-state index is 0.474. The van der Waals surface area contributed by atoms with Gasteiger partial charge in [0.2, 0.25) is 0 Å². The smallest absolute Gasteiger partial charge is 0.183 e. The van der Waals surface area contributed by atoms with E-state index in [0.717, 1.165) is 10.6 Å². The molecule has 0 aliphatic rings. The van der Waals surface area contributed by atoms with Crippen molar-refractivity contribution in [2.45, 2.75) is 6.54 Å². The van der Waals surface area contributed by atoms with Crippen molar-refractivity contribution < 1.29 is 4.74 Å². The number of thiazole rings is 1. The van der Waals surface area contributed by atoms with Crippen molar-refractivity contribution in [2.75, 3.05) is 5.32 Å². The van der Waals surface area contributed by atoms with Gasteiger partial charge in [-0.15, -0.1) is 11.3 Å². The van der Waals surface area contributed by atoms with Crippen molar-refractivity contribution in [1.29, 1.82) is 0 Å². The molecule has 0 spiro atoms. The van der Waals surface area contributed by atoms with Crippen LogP contribution in [0.15, 0.2) is 48.7 Å². The topological polar surface area (TPSA) is 34.1 Å². The molecule has 23 heavy (non-hydrogen) atoms. The van der Waals surface area contributed by atoms with Crippen LogP contribution in [-0.4, -0.2) is 4.98 Å². The fourth-order valence-electron chi connectivity index (χ4n) is 1.88. The molecule has 0 radical (unpaired) electrons. The molecule has 3 nitrogen and oxygen atoms in total. The number of halogens is 3. The molecule has 0 unspecified atom stereocenters. The van der Waals surface area contributed by atoms with E-state index >= 15 is 0 Å². The zero-order valence-electron chi connectivity index (χ0n) is 11.7. The number of nitrogens with one attached hydrogen (secondary N) is 1. The number of rotatable bonds is 5. The Morgan fingerprint density at radius 3 is 2.48 bits per heavy atom. The van der Waals surface area contributed by atoms with Crippen molar-refractivity contribution in [3.8, 4) is 11.5 Å². The van der Waals surface area contributed by atoms with Crippen molar-refractivity contribution in [3.63, 3.8) is 0 Å². The first-order valence-electron chi connectivity index (χ1n) is 6.67. The van der Waals surface area contributed by atoms with Gasteiger partial charge in [0.1, 0.15) is 11.5 Å². The Kier molecular flexibility index (Phi) is 5.28. The van der Waals surface area contributed by atoms with Gasteiger partial charge < -0.3 is 10.1 Å². The van der Waals surface area contributed by atoms with Crippen LogP contribution in [0.25, 0.3) is 0 Å². The summed E-state index contributed by atoms with van der Waals surface area (Å²) < 4.78 is 6.29. The van der Waals surface area contributed by atoms with Gasteiger partial charge >= 0.3 is 0 Å². The number of hydrogen-bond acceptors (Lipinski definition) is 4. The zero-order valence-corrected chi connectivity index (χ0v) is 14.8. The zero-order chi connectivity index (χ0) is 16.2. The number of benzene rings is 2. The third-order valence-corrected chi connectivity index (χ3v) is 4.61. The quantitative estimate of drug-likeness (QED) is 0.543. The monoisotopic (exact) mass is 384 g/mol. The maximum absolute atomic E-state index is 6.09. The lowest BCUT2D eigenvalue weighted by molar-refractivity contribution is 0.483. The van der Waals surface area contributed by atoms with Crippen LogP contribution in [0.4, 0.5) is 5.69 Å². The van der Waals surface area contributed by atoms with Crippen LogP contribution >= 0.6 is 46.1 Å². The molecule has 0 atom stereocenters.